The molecule has 0 saturated carbocycles. The maximum atomic E-state index is 13.5. The number of carbonyl (C=O) groups is 2. The number of ketones is 1. The van der Waals surface area contributed by atoms with Crippen molar-refractivity contribution in [2.75, 3.05) is 7.11 Å². The zero-order valence-corrected chi connectivity index (χ0v) is 19.6. The third-order valence-corrected chi connectivity index (χ3v) is 5.93. The van der Waals surface area contributed by atoms with Crippen molar-refractivity contribution in [3.05, 3.63) is 97.4 Å². The average molecular weight is 476 g/mol. The van der Waals surface area contributed by atoms with E-state index in [1.54, 1.807) is 30.3 Å². The van der Waals surface area contributed by atoms with Gasteiger partial charge < -0.3 is 9.47 Å². The lowest BCUT2D eigenvalue weighted by molar-refractivity contribution is -0.384. The summed E-state index contributed by atoms with van der Waals surface area (Å²) in [5.74, 6) is -0.477. The first-order chi connectivity index (χ1) is 16.6. The number of nitrogens with zero attached hydrogens (tertiary/aromatic N) is 2. The third kappa shape index (κ3) is 4.84. The molecule has 0 N–H and O–H groups in total. The topological polar surface area (TPSA) is 118 Å². The van der Waals surface area contributed by atoms with Gasteiger partial charge in [0.1, 0.15) is 17.9 Å². The maximum absolute atomic E-state index is 13.5. The molecule has 0 saturated heterocycles. The molecule has 35 heavy (non-hydrogen) atoms. The van der Waals surface area contributed by atoms with E-state index in [0.717, 1.165) is 0 Å². The normalized spacial score (nSPS) is 14.2. The van der Waals surface area contributed by atoms with Gasteiger partial charge in [-0.25, -0.2) is 4.79 Å². The Morgan fingerprint density at radius 3 is 2.46 bits per heavy atom. The zero-order valence-electron chi connectivity index (χ0n) is 19.6. The second-order valence-corrected chi connectivity index (χ2v) is 9.20. The van der Waals surface area contributed by atoms with Crippen molar-refractivity contribution in [2.24, 2.45) is 5.41 Å². The van der Waals surface area contributed by atoms with Crippen molar-refractivity contribution in [2.45, 2.75) is 33.3 Å². The number of pyridine rings is 1. The molecular formula is C26H24N2O7. The Morgan fingerprint density at radius 2 is 1.80 bits per heavy atom. The molecule has 9 heteroatoms. The first kappa shape index (κ1) is 23.9. The fraction of sp³-hybridized carbons (Fsp3) is 0.269. The number of Topliss-reactive ketones (excluding diaryl/α,β-unsaturated/α-hetero) is 1. The van der Waals surface area contributed by atoms with E-state index in [2.05, 4.69) is 0 Å². The highest BCUT2D eigenvalue weighted by atomic mass is 16.6. The standard InChI is InChI=1S/C26H24N2O7/c1-26(2)13-22-20(23(29)14-26)12-21(24(30)27(22)17-7-9-19(34-3)10-8-17)25(31)35-15-16-5-4-6-18(11-16)28(32)33/h4-12H,13-15H2,1-3H3. The number of hydrogen-bond acceptors (Lipinski definition) is 7. The summed E-state index contributed by atoms with van der Waals surface area (Å²) >= 11 is 0. The molecule has 1 aliphatic rings. The smallest absolute Gasteiger partial charge is 0.344 e. The molecule has 0 aliphatic heterocycles. The summed E-state index contributed by atoms with van der Waals surface area (Å²) in [4.78, 5) is 50.0. The molecule has 3 aromatic rings. The Balaban J connectivity index is 1.76. The van der Waals surface area contributed by atoms with Gasteiger partial charge in [0.2, 0.25) is 0 Å². The Labute approximate surface area is 201 Å². The second kappa shape index (κ2) is 9.17. The minimum absolute atomic E-state index is 0.137. The van der Waals surface area contributed by atoms with E-state index in [-0.39, 0.29) is 35.5 Å². The molecule has 9 nitrogen and oxygen atoms in total. The minimum Gasteiger partial charge on any atom is -0.497 e. The van der Waals surface area contributed by atoms with E-state index < -0.39 is 16.5 Å². The zero-order chi connectivity index (χ0) is 25.3. The SMILES string of the molecule is COc1ccc(-n2c3c(cc(C(=O)OCc4cccc([N+](=O)[O-])c4)c2=O)C(=O)CC(C)(C)C3)cc1. The van der Waals surface area contributed by atoms with E-state index >= 15 is 0 Å². The summed E-state index contributed by atoms with van der Waals surface area (Å²) < 4.78 is 11.9. The molecular weight excluding hydrogens is 452 g/mol. The van der Waals surface area contributed by atoms with E-state index in [0.29, 0.717) is 34.7 Å². The van der Waals surface area contributed by atoms with Crippen LogP contribution in [0.25, 0.3) is 5.69 Å². The first-order valence-corrected chi connectivity index (χ1v) is 11.0. The van der Waals surface area contributed by atoms with Crippen LogP contribution < -0.4 is 10.3 Å². The fourth-order valence-electron chi connectivity index (χ4n) is 4.25. The molecule has 0 spiro atoms. The second-order valence-electron chi connectivity index (χ2n) is 9.20. The lowest BCUT2D eigenvalue weighted by atomic mass is 9.75. The van der Waals surface area contributed by atoms with E-state index in [9.17, 15) is 24.5 Å². The molecule has 2 aromatic carbocycles. The molecule has 1 aliphatic carbocycles. The van der Waals surface area contributed by atoms with Gasteiger partial charge in [-0.2, -0.15) is 0 Å². The number of esters is 1. The molecule has 0 fully saturated rings. The highest BCUT2D eigenvalue weighted by molar-refractivity contribution is 6.01. The van der Waals surface area contributed by atoms with Crippen molar-refractivity contribution in [1.82, 2.24) is 4.57 Å². The van der Waals surface area contributed by atoms with E-state index in [4.69, 9.17) is 9.47 Å². The number of benzene rings is 2. The van der Waals surface area contributed by atoms with Gasteiger partial charge in [-0.3, -0.25) is 24.3 Å². The number of methoxy groups -OCH3 is 1. The van der Waals surface area contributed by atoms with Crippen LogP contribution in [0.2, 0.25) is 0 Å². The molecule has 180 valence electrons. The van der Waals surface area contributed by atoms with Crippen molar-refractivity contribution >= 4 is 17.4 Å². The Kier molecular flexibility index (Phi) is 6.26. The Hall–Kier alpha value is -4.27. The number of ether oxygens (including phenoxy) is 2. The van der Waals surface area contributed by atoms with Gasteiger partial charge in [0.25, 0.3) is 11.2 Å². The molecule has 4 rings (SSSR count). The summed E-state index contributed by atoms with van der Waals surface area (Å²) in [6, 6.07) is 13.7. The van der Waals surface area contributed by atoms with Gasteiger partial charge >= 0.3 is 5.97 Å². The number of nitro groups is 1. The number of carbonyl (C=O) groups excluding carboxylic acids is 2. The van der Waals surface area contributed by atoms with Crippen LogP contribution in [0, 0.1) is 15.5 Å². The van der Waals surface area contributed by atoms with Crippen molar-refractivity contribution < 1.29 is 24.0 Å². The van der Waals surface area contributed by atoms with Gasteiger partial charge in [0, 0.05) is 35.5 Å². The number of nitro benzene ring substituents is 1. The summed E-state index contributed by atoms with van der Waals surface area (Å²) in [5.41, 5.74) is 0.363. The average Bonchev–Trinajstić information content (AvgIpc) is 2.82. The Bertz CT molecular complexity index is 1390. The Morgan fingerprint density at radius 1 is 1.09 bits per heavy atom. The number of aromatic nitrogens is 1. The molecule has 1 heterocycles. The van der Waals surface area contributed by atoms with Gasteiger partial charge in [-0.1, -0.05) is 26.0 Å². The van der Waals surface area contributed by atoms with Crippen molar-refractivity contribution in [3.63, 3.8) is 0 Å². The van der Waals surface area contributed by atoms with Crippen LogP contribution in [-0.2, 0) is 17.8 Å². The summed E-state index contributed by atoms with van der Waals surface area (Å²) in [6.45, 7) is 3.65. The molecule has 0 unspecified atom stereocenters. The summed E-state index contributed by atoms with van der Waals surface area (Å²) in [6.07, 6.45) is 0.751. The summed E-state index contributed by atoms with van der Waals surface area (Å²) in [7, 11) is 1.53. The highest BCUT2D eigenvalue weighted by Gasteiger charge is 2.35. The quantitative estimate of drug-likeness (QED) is 0.296. The van der Waals surface area contributed by atoms with Crippen LogP contribution in [0.5, 0.6) is 5.75 Å². The predicted molar refractivity (Wildman–Crippen MR) is 127 cm³/mol. The van der Waals surface area contributed by atoms with Crippen LogP contribution in [-0.4, -0.2) is 28.4 Å². The van der Waals surface area contributed by atoms with Gasteiger partial charge in [0.15, 0.2) is 5.78 Å². The maximum Gasteiger partial charge on any atom is 0.344 e. The molecule has 1 aromatic heterocycles. The first-order valence-electron chi connectivity index (χ1n) is 11.0. The highest BCUT2D eigenvalue weighted by Crippen LogP contribution is 2.35. The predicted octanol–water partition coefficient (Wildman–Crippen LogP) is 4.27. The van der Waals surface area contributed by atoms with Crippen LogP contribution in [0.15, 0.2) is 59.4 Å². The largest absolute Gasteiger partial charge is 0.497 e. The van der Waals surface area contributed by atoms with Gasteiger partial charge in [-0.15, -0.1) is 0 Å². The van der Waals surface area contributed by atoms with Crippen LogP contribution in [0.4, 0.5) is 5.69 Å². The van der Waals surface area contributed by atoms with Crippen LogP contribution in [0.3, 0.4) is 0 Å². The van der Waals surface area contributed by atoms with E-state index in [1.165, 1.54) is 35.9 Å². The minimum atomic E-state index is -0.913. The molecule has 0 bridgehead atoms. The summed E-state index contributed by atoms with van der Waals surface area (Å²) in [5, 5.41) is 11.0. The third-order valence-electron chi connectivity index (χ3n) is 5.93. The number of hydrogen-bond donors (Lipinski definition) is 0. The number of non-ortho nitro benzene ring substituents is 1. The monoisotopic (exact) mass is 476 g/mol. The van der Waals surface area contributed by atoms with Crippen LogP contribution in [0.1, 0.15) is 52.2 Å². The lowest BCUT2D eigenvalue weighted by Gasteiger charge is -2.32. The number of fused-ring (bicyclic) bond motifs is 1. The number of rotatable bonds is 6. The fourth-order valence-corrected chi connectivity index (χ4v) is 4.25. The molecule has 0 atom stereocenters. The van der Waals surface area contributed by atoms with E-state index in [1.807, 2.05) is 13.8 Å². The van der Waals surface area contributed by atoms with Gasteiger partial charge in [0.05, 0.1) is 12.0 Å². The molecule has 0 radical (unpaired) electrons. The molecule has 0 amide bonds. The van der Waals surface area contributed by atoms with Crippen molar-refractivity contribution in [1.29, 1.82) is 0 Å². The van der Waals surface area contributed by atoms with Crippen molar-refractivity contribution in [3.8, 4) is 11.4 Å². The lowest BCUT2D eigenvalue weighted by Crippen LogP contribution is -2.36. The van der Waals surface area contributed by atoms with Gasteiger partial charge in [-0.05, 0) is 47.7 Å². The van der Waals surface area contributed by atoms with Crippen LogP contribution >= 0.6 is 0 Å².